The molecule has 1 saturated heterocycles. The summed E-state index contributed by atoms with van der Waals surface area (Å²) in [5.41, 5.74) is 0. The van der Waals surface area contributed by atoms with Crippen LogP contribution in [0.15, 0.2) is 0 Å². The number of nitrogens with one attached hydrogen (secondary N) is 1. The number of carbonyl (C=O) groups is 4. The summed E-state index contributed by atoms with van der Waals surface area (Å²) in [6.45, 7) is 5.87. The van der Waals surface area contributed by atoms with Crippen molar-refractivity contribution in [1.29, 1.82) is 0 Å². The fourth-order valence-corrected chi connectivity index (χ4v) is 1.62. The highest BCUT2D eigenvalue weighted by atomic mass is 16.5. The summed E-state index contributed by atoms with van der Waals surface area (Å²) in [6.07, 6.45) is 1.49. The fourth-order valence-electron chi connectivity index (χ4n) is 1.62. The minimum absolute atomic E-state index is 0.0960. The number of esters is 2. The SMILES string of the molecule is CCCC(=O)CC(=O)N[C@H]1CCOC1=O.CCOC(C)=O. The van der Waals surface area contributed by atoms with E-state index in [1.54, 1.807) is 6.92 Å². The molecule has 1 fully saturated rings. The molecule has 0 radical (unpaired) electrons. The number of carbonyl (C=O) groups excluding carboxylic acids is 4. The summed E-state index contributed by atoms with van der Waals surface area (Å²) in [5.74, 6) is -1.11. The standard InChI is InChI=1S/C10H15NO4.C4H8O2/c1-2-3-7(12)6-9(13)11-8-4-5-15-10(8)14;1-3-6-4(2)5/h8H,2-6H2,1H3,(H,11,13);3H2,1-2H3/t8-;/m0./s1. The van der Waals surface area contributed by atoms with Crippen molar-refractivity contribution >= 4 is 23.6 Å². The molecule has 1 amide bonds. The highest BCUT2D eigenvalue weighted by molar-refractivity contribution is 5.99. The van der Waals surface area contributed by atoms with Gasteiger partial charge in [-0.25, -0.2) is 4.79 Å². The third-order valence-electron chi connectivity index (χ3n) is 2.50. The highest BCUT2D eigenvalue weighted by Gasteiger charge is 2.28. The van der Waals surface area contributed by atoms with Crippen LogP contribution in [0.25, 0.3) is 0 Å². The van der Waals surface area contributed by atoms with Crippen molar-refractivity contribution in [3.63, 3.8) is 0 Å². The molecule has 0 aromatic rings. The summed E-state index contributed by atoms with van der Waals surface area (Å²) in [7, 11) is 0. The smallest absolute Gasteiger partial charge is 0.328 e. The number of cyclic esters (lactones) is 1. The largest absolute Gasteiger partial charge is 0.466 e. The van der Waals surface area contributed by atoms with Crippen molar-refractivity contribution in [1.82, 2.24) is 5.32 Å². The molecular formula is C14H23NO6. The Hall–Kier alpha value is -1.92. The molecule has 120 valence electrons. The van der Waals surface area contributed by atoms with Crippen molar-refractivity contribution in [2.45, 2.75) is 52.5 Å². The third-order valence-corrected chi connectivity index (χ3v) is 2.50. The van der Waals surface area contributed by atoms with Crippen molar-refractivity contribution in [3.8, 4) is 0 Å². The van der Waals surface area contributed by atoms with Crippen LogP contribution in [0.3, 0.4) is 0 Å². The van der Waals surface area contributed by atoms with Gasteiger partial charge in [-0.1, -0.05) is 6.92 Å². The quantitative estimate of drug-likeness (QED) is 0.574. The minimum atomic E-state index is -0.563. The maximum Gasteiger partial charge on any atom is 0.328 e. The van der Waals surface area contributed by atoms with E-state index in [4.69, 9.17) is 0 Å². The van der Waals surface area contributed by atoms with Gasteiger partial charge in [-0.15, -0.1) is 0 Å². The molecule has 21 heavy (non-hydrogen) atoms. The second-order valence-corrected chi connectivity index (χ2v) is 4.47. The van der Waals surface area contributed by atoms with Gasteiger partial charge in [-0.3, -0.25) is 14.4 Å². The molecule has 1 aliphatic heterocycles. The summed E-state index contributed by atoms with van der Waals surface area (Å²) < 4.78 is 9.08. The van der Waals surface area contributed by atoms with Gasteiger partial charge in [-0.05, 0) is 13.3 Å². The number of hydrogen-bond acceptors (Lipinski definition) is 6. The van der Waals surface area contributed by atoms with E-state index in [1.807, 2.05) is 6.92 Å². The van der Waals surface area contributed by atoms with Gasteiger partial charge in [0.1, 0.15) is 11.8 Å². The van der Waals surface area contributed by atoms with Gasteiger partial charge in [0.15, 0.2) is 0 Å². The Labute approximate surface area is 124 Å². The zero-order chi connectivity index (χ0) is 16.3. The minimum Gasteiger partial charge on any atom is -0.466 e. The van der Waals surface area contributed by atoms with E-state index in [0.717, 1.165) is 6.42 Å². The molecular weight excluding hydrogens is 278 g/mol. The number of rotatable bonds is 6. The molecule has 1 atom stereocenters. The van der Waals surface area contributed by atoms with E-state index < -0.39 is 17.9 Å². The first kappa shape index (κ1) is 19.1. The maximum absolute atomic E-state index is 11.3. The normalized spacial score (nSPS) is 16.3. The first-order valence-electron chi connectivity index (χ1n) is 7.01. The molecule has 0 bridgehead atoms. The van der Waals surface area contributed by atoms with Crippen LogP contribution in [0.2, 0.25) is 0 Å². The van der Waals surface area contributed by atoms with Crippen molar-refractivity contribution in [2.24, 2.45) is 0 Å². The van der Waals surface area contributed by atoms with Crippen LogP contribution in [0.4, 0.5) is 0 Å². The number of ketones is 1. The van der Waals surface area contributed by atoms with Crippen LogP contribution in [0.5, 0.6) is 0 Å². The van der Waals surface area contributed by atoms with E-state index in [-0.39, 0.29) is 18.2 Å². The Bertz CT molecular complexity index is 380. The Morgan fingerprint density at radius 3 is 2.38 bits per heavy atom. The summed E-state index contributed by atoms with van der Waals surface area (Å²) in [6, 6.07) is -0.563. The maximum atomic E-state index is 11.3. The lowest BCUT2D eigenvalue weighted by Crippen LogP contribution is -2.38. The van der Waals surface area contributed by atoms with E-state index in [2.05, 4.69) is 14.8 Å². The van der Waals surface area contributed by atoms with Gasteiger partial charge >= 0.3 is 11.9 Å². The van der Waals surface area contributed by atoms with Crippen LogP contribution in [-0.4, -0.2) is 42.9 Å². The molecule has 1 rings (SSSR count). The first-order valence-corrected chi connectivity index (χ1v) is 7.01. The molecule has 0 unspecified atom stereocenters. The van der Waals surface area contributed by atoms with Gasteiger partial charge < -0.3 is 14.8 Å². The monoisotopic (exact) mass is 301 g/mol. The van der Waals surface area contributed by atoms with E-state index in [1.165, 1.54) is 6.92 Å². The molecule has 0 spiro atoms. The molecule has 0 aromatic carbocycles. The Balaban J connectivity index is 0.000000567. The van der Waals surface area contributed by atoms with Crippen molar-refractivity contribution < 1.29 is 28.7 Å². The number of amides is 1. The van der Waals surface area contributed by atoms with Gasteiger partial charge in [0.25, 0.3) is 0 Å². The predicted octanol–water partition coefficient (Wildman–Crippen LogP) is 0.747. The van der Waals surface area contributed by atoms with E-state index >= 15 is 0 Å². The Morgan fingerprint density at radius 2 is 2.00 bits per heavy atom. The van der Waals surface area contributed by atoms with Crippen LogP contribution in [0.1, 0.15) is 46.5 Å². The second-order valence-electron chi connectivity index (χ2n) is 4.47. The lowest BCUT2D eigenvalue weighted by atomic mass is 10.1. The topological polar surface area (TPSA) is 98.8 Å². The molecule has 1 aliphatic rings. The highest BCUT2D eigenvalue weighted by Crippen LogP contribution is 2.06. The van der Waals surface area contributed by atoms with Crippen molar-refractivity contribution in [3.05, 3.63) is 0 Å². The molecule has 1 heterocycles. The predicted molar refractivity (Wildman–Crippen MR) is 74.3 cm³/mol. The fraction of sp³-hybridized carbons (Fsp3) is 0.714. The Kier molecular flexibility index (Phi) is 9.83. The van der Waals surface area contributed by atoms with E-state index in [9.17, 15) is 19.2 Å². The molecule has 7 heteroatoms. The van der Waals surface area contributed by atoms with Crippen LogP contribution in [-0.2, 0) is 28.7 Å². The zero-order valence-corrected chi connectivity index (χ0v) is 12.8. The molecule has 0 aromatic heterocycles. The average molecular weight is 301 g/mol. The lowest BCUT2D eigenvalue weighted by Gasteiger charge is -2.07. The molecule has 0 saturated carbocycles. The Morgan fingerprint density at radius 1 is 1.33 bits per heavy atom. The average Bonchev–Trinajstić information content (AvgIpc) is 2.75. The number of Topliss-reactive ketones (excluding diaryl/α,β-unsaturated/α-hetero) is 1. The van der Waals surface area contributed by atoms with Crippen LogP contribution < -0.4 is 5.32 Å². The van der Waals surface area contributed by atoms with Crippen LogP contribution >= 0.6 is 0 Å². The molecule has 7 nitrogen and oxygen atoms in total. The summed E-state index contributed by atoms with van der Waals surface area (Å²) in [5, 5.41) is 2.48. The zero-order valence-electron chi connectivity index (χ0n) is 12.8. The van der Waals surface area contributed by atoms with Crippen LogP contribution in [0, 0.1) is 0 Å². The van der Waals surface area contributed by atoms with Gasteiger partial charge in [0.2, 0.25) is 5.91 Å². The van der Waals surface area contributed by atoms with E-state index in [0.29, 0.717) is 26.1 Å². The van der Waals surface area contributed by atoms with Crippen molar-refractivity contribution in [2.75, 3.05) is 13.2 Å². The lowest BCUT2D eigenvalue weighted by molar-refractivity contribution is -0.142. The van der Waals surface area contributed by atoms with Gasteiger partial charge in [0, 0.05) is 19.8 Å². The number of hydrogen-bond donors (Lipinski definition) is 1. The second kappa shape index (κ2) is 10.8. The molecule has 0 aliphatic carbocycles. The summed E-state index contributed by atoms with van der Waals surface area (Å²) in [4.78, 5) is 43.2. The van der Waals surface area contributed by atoms with Gasteiger partial charge in [-0.2, -0.15) is 0 Å². The third kappa shape index (κ3) is 9.59. The summed E-state index contributed by atoms with van der Waals surface area (Å²) >= 11 is 0. The molecule has 1 N–H and O–H groups in total. The number of ether oxygens (including phenoxy) is 2. The van der Waals surface area contributed by atoms with Gasteiger partial charge in [0.05, 0.1) is 19.6 Å². The first-order chi connectivity index (χ1) is 9.90.